The summed E-state index contributed by atoms with van der Waals surface area (Å²) in [4.78, 5) is 0. The van der Waals surface area contributed by atoms with Crippen LogP contribution < -0.4 is 5.32 Å². The molecular weight excluding hydrogens is 186 g/mol. The third kappa shape index (κ3) is 4.52. The molecule has 0 aromatic rings. The molecule has 0 aromatic carbocycles. The van der Waals surface area contributed by atoms with Gasteiger partial charge in [-0.1, -0.05) is 26.7 Å². The van der Waals surface area contributed by atoms with E-state index in [1.165, 1.54) is 25.7 Å². The molecule has 0 heterocycles. The molecule has 1 fully saturated rings. The summed E-state index contributed by atoms with van der Waals surface area (Å²) in [5.74, 6) is 1.55. The third-order valence-electron chi connectivity index (χ3n) is 3.47. The Bertz CT molecular complexity index is 183. The average Bonchev–Trinajstić information content (AvgIpc) is 2.14. The van der Waals surface area contributed by atoms with Crippen LogP contribution in [-0.4, -0.2) is 23.3 Å². The minimum Gasteiger partial charge on any atom is -0.389 e. The Kier molecular flexibility index (Phi) is 4.60. The van der Waals surface area contributed by atoms with Crippen molar-refractivity contribution in [1.29, 1.82) is 0 Å². The fourth-order valence-electron chi connectivity index (χ4n) is 2.59. The van der Waals surface area contributed by atoms with Crippen molar-refractivity contribution in [1.82, 2.24) is 5.32 Å². The quantitative estimate of drug-likeness (QED) is 0.752. The molecule has 1 saturated carbocycles. The SMILES string of the molecule is CC(C)C1CCCCC1NCC(C)(C)O. The number of aliphatic hydroxyl groups is 1. The van der Waals surface area contributed by atoms with E-state index < -0.39 is 5.60 Å². The maximum Gasteiger partial charge on any atom is 0.0715 e. The molecule has 0 amide bonds. The minimum absolute atomic E-state index is 0.584. The van der Waals surface area contributed by atoms with Gasteiger partial charge in [0.2, 0.25) is 0 Å². The Morgan fingerprint density at radius 1 is 1.27 bits per heavy atom. The fraction of sp³-hybridized carbons (Fsp3) is 1.00. The summed E-state index contributed by atoms with van der Waals surface area (Å²) in [6.45, 7) is 9.07. The van der Waals surface area contributed by atoms with Gasteiger partial charge >= 0.3 is 0 Å². The summed E-state index contributed by atoms with van der Waals surface area (Å²) < 4.78 is 0. The molecule has 0 bridgehead atoms. The Balaban J connectivity index is 2.43. The Morgan fingerprint density at radius 2 is 1.87 bits per heavy atom. The highest BCUT2D eigenvalue weighted by atomic mass is 16.3. The van der Waals surface area contributed by atoms with Crippen molar-refractivity contribution in [3.63, 3.8) is 0 Å². The van der Waals surface area contributed by atoms with Crippen LogP contribution >= 0.6 is 0 Å². The normalized spacial score (nSPS) is 28.4. The van der Waals surface area contributed by atoms with Crippen molar-refractivity contribution in [3.05, 3.63) is 0 Å². The molecule has 90 valence electrons. The van der Waals surface area contributed by atoms with Crippen molar-refractivity contribution in [3.8, 4) is 0 Å². The van der Waals surface area contributed by atoms with Crippen LogP contribution in [0.5, 0.6) is 0 Å². The van der Waals surface area contributed by atoms with Gasteiger partial charge in [0.25, 0.3) is 0 Å². The Morgan fingerprint density at radius 3 is 2.40 bits per heavy atom. The van der Waals surface area contributed by atoms with E-state index >= 15 is 0 Å². The molecule has 1 rings (SSSR count). The van der Waals surface area contributed by atoms with Crippen LogP contribution in [0.1, 0.15) is 53.4 Å². The van der Waals surface area contributed by atoms with Crippen molar-refractivity contribution in [2.75, 3.05) is 6.54 Å². The van der Waals surface area contributed by atoms with Gasteiger partial charge in [-0.15, -0.1) is 0 Å². The van der Waals surface area contributed by atoms with E-state index in [0.29, 0.717) is 12.6 Å². The van der Waals surface area contributed by atoms with Crippen molar-refractivity contribution >= 4 is 0 Å². The van der Waals surface area contributed by atoms with Gasteiger partial charge in [-0.2, -0.15) is 0 Å². The van der Waals surface area contributed by atoms with Crippen LogP contribution in [0.2, 0.25) is 0 Å². The van der Waals surface area contributed by atoms with E-state index in [4.69, 9.17) is 0 Å². The highest BCUT2D eigenvalue weighted by molar-refractivity contribution is 4.84. The lowest BCUT2D eigenvalue weighted by molar-refractivity contribution is 0.0675. The molecule has 2 nitrogen and oxygen atoms in total. The average molecular weight is 213 g/mol. The van der Waals surface area contributed by atoms with Gasteiger partial charge in [0.05, 0.1) is 5.60 Å². The van der Waals surface area contributed by atoms with Crippen LogP contribution in [0.25, 0.3) is 0 Å². The van der Waals surface area contributed by atoms with E-state index in [2.05, 4.69) is 19.2 Å². The zero-order valence-electron chi connectivity index (χ0n) is 10.7. The van der Waals surface area contributed by atoms with E-state index in [1.807, 2.05) is 13.8 Å². The Labute approximate surface area is 94.5 Å². The third-order valence-corrected chi connectivity index (χ3v) is 3.47. The summed E-state index contributed by atoms with van der Waals surface area (Å²) in [5.41, 5.74) is -0.584. The van der Waals surface area contributed by atoms with Gasteiger partial charge in [-0.05, 0) is 38.5 Å². The summed E-state index contributed by atoms with van der Waals surface area (Å²) in [7, 11) is 0. The molecule has 15 heavy (non-hydrogen) atoms. The van der Waals surface area contributed by atoms with Gasteiger partial charge in [0.1, 0.15) is 0 Å². The summed E-state index contributed by atoms with van der Waals surface area (Å²) >= 11 is 0. The van der Waals surface area contributed by atoms with E-state index in [1.54, 1.807) is 0 Å². The van der Waals surface area contributed by atoms with E-state index in [-0.39, 0.29) is 0 Å². The zero-order valence-corrected chi connectivity index (χ0v) is 10.7. The zero-order chi connectivity index (χ0) is 11.5. The molecule has 2 heteroatoms. The molecule has 2 atom stereocenters. The van der Waals surface area contributed by atoms with Crippen molar-refractivity contribution in [2.24, 2.45) is 11.8 Å². The predicted octanol–water partition coefficient (Wildman–Crippen LogP) is 2.56. The lowest BCUT2D eigenvalue weighted by Gasteiger charge is -2.36. The lowest BCUT2D eigenvalue weighted by atomic mass is 9.77. The summed E-state index contributed by atoms with van der Waals surface area (Å²) in [6, 6.07) is 0.616. The number of rotatable bonds is 4. The highest BCUT2D eigenvalue weighted by Crippen LogP contribution is 2.30. The molecule has 0 aliphatic heterocycles. The lowest BCUT2D eigenvalue weighted by Crippen LogP contribution is -2.46. The van der Waals surface area contributed by atoms with Crippen LogP contribution in [0.15, 0.2) is 0 Å². The van der Waals surface area contributed by atoms with E-state index in [9.17, 15) is 5.11 Å². The number of hydrogen-bond donors (Lipinski definition) is 2. The molecule has 1 aliphatic carbocycles. The van der Waals surface area contributed by atoms with Crippen LogP contribution in [0.3, 0.4) is 0 Å². The standard InChI is InChI=1S/C13H27NO/c1-10(2)11-7-5-6-8-12(11)14-9-13(3,4)15/h10-12,14-15H,5-9H2,1-4H3. The first kappa shape index (κ1) is 13.0. The summed E-state index contributed by atoms with van der Waals surface area (Å²) in [5, 5.41) is 13.3. The highest BCUT2D eigenvalue weighted by Gasteiger charge is 2.28. The van der Waals surface area contributed by atoms with E-state index in [0.717, 1.165) is 11.8 Å². The molecule has 2 N–H and O–H groups in total. The van der Waals surface area contributed by atoms with Crippen LogP contribution in [-0.2, 0) is 0 Å². The number of hydrogen-bond acceptors (Lipinski definition) is 2. The monoisotopic (exact) mass is 213 g/mol. The second-order valence-corrected chi connectivity index (χ2v) is 5.99. The minimum atomic E-state index is -0.584. The molecule has 2 unspecified atom stereocenters. The molecule has 0 saturated heterocycles. The second kappa shape index (κ2) is 5.31. The maximum absolute atomic E-state index is 9.71. The fourth-order valence-corrected chi connectivity index (χ4v) is 2.59. The van der Waals surface area contributed by atoms with Crippen molar-refractivity contribution in [2.45, 2.75) is 65.0 Å². The first-order valence-electron chi connectivity index (χ1n) is 6.36. The first-order valence-corrected chi connectivity index (χ1v) is 6.36. The molecule has 1 aliphatic rings. The van der Waals surface area contributed by atoms with Crippen molar-refractivity contribution < 1.29 is 5.11 Å². The van der Waals surface area contributed by atoms with Gasteiger partial charge in [-0.25, -0.2) is 0 Å². The van der Waals surface area contributed by atoms with Gasteiger partial charge in [-0.3, -0.25) is 0 Å². The molecule has 0 aromatic heterocycles. The number of nitrogens with one attached hydrogen (secondary N) is 1. The topological polar surface area (TPSA) is 32.3 Å². The Hall–Kier alpha value is -0.0800. The van der Waals surface area contributed by atoms with Gasteiger partial charge in [0.15, 0.2) is 0 Å². The summed E-state index contributed by atoms with van der Waals surface area (Å²) in [6.07, 6.45) is 5.34. The molecular formula is C13H27NO. The first-order chi connectivity index (χ1) is 6.90. The molecule has 0 spiro atoms. The van der Waals surface area contributed by atoms with Gasteiger partial charge < -0.3 is 10.4 Å². The second-order valence-electron chi connectivity index (χ2n) is 5.99. The van der Waals surface area contributed by atoms with Crippen LogP contribution in [0, 0.1) is 11.8 Å². The van der Waals surface area contributed by atoms with Crippen LogP contribution in [0.4, 0.5) is 0 Å². The molecule has 0 radical (unpaired) electrons. The maximum atomic E-state index is 9.71. The predicted molar refractivity (Wildman–Crippen MR) is 64.9 cm³/mol. The largest absolute Gasteiger partial charge is 0.389 e. The van der Waals surface area contributed by atoms with Gasteiger partial charge in [0, 0.05) is 12.6 Å². The smallest absolute Gasteiger partial charge is 0.0715 e.